The number of hydrogen-bond donors (Lipinski definition) is 1. The summed E-state index contributed by atoms with van der Waals surface area (Å²) in [6.07, 6.45) is 7.08. The molecule has 3 rings (SSSR count). The van der Waals surface area contributed by atoms with Crippen LogP contribution < -0.4 is 10.5 Å². The lowest BCUT2D eigenvalue weighted by Crippen LogP contribution is -2.10. The summed E-state index contributed by atoms with van der Waals surface area (Å²) in [4.78, 5) is 19.5. The number of amides is 1. The van der Waals surface area contributed by atoms with Crippen molar-refractivity contribution in [3.63, 3.8) is 0 Å². The third-order valence-corrected chi connectivity index (χ3v) is 3.37. The van der Waals surface area contributed by atoms with Crippen molar-refractivity contribution in [2.45, 2.75) is 13.2 Å². The van der Waals surface area contributed by atoms with E-state index in [0.29, 0.717) is 18.7 Å². The van der Waals surface area contributed by atoms with Gasteiger partial charge in [0.15, 0.2) is 0 Å². The van der Waals surface area contributed by atoms with Gasteiger partial charge in [-0.15, -0.1) is 0 Å². The standard InChI is InChI=1S/C17H16N4O2/c18-17(22)14-5-3-13(4-6-14)11-23-16-2-1-7-20-15(16)10-21-9-8-19-12-21/h1-9,12H,10-11H2,(H2,18,22). The van der Waals surface area contributed by atoms with Gasteiger partial charge in [-0.2, -0.15) is 0 Å². The lowest BCUT2D eigenvalue weighted by molar-refractivity contribution is 0.1000. The van der Waals surface area contributed by atoms with Gasteiger partial charge in [0.2, 0.25) is 5.91 Å². The summed E-state index contributed by atoms with van der Waals surface area (Å²) in [6.45, 7) is 0.985. The molecule has 2 heterocycles. The summed E-state index contributed by atoms with van der Waals surface area (Å²) in [5.74, 6) is 0.285. The Hall–Kier alpha value is -3.15. The quantitative estimate of drug-likeness (QED) is 0.755. The highest BCUT2D eigenvalue weighted by Gasteiger charge is 2.06. The normalized spacial score (nSPS) is 10.4. The summed E-state index contributed by atoms with van der Waals surface area (Å²) >= 11 is 0. The second-order valence-corrected chi connectivity index (χ2v) is 5.03. The van der Waals surface area contributed by atoms with E-state index in [1.807, 2.05) is 35.0 Å². The highest BCUT2D eigenvalue weighted by atomic mass is 16.5. The molecule has 0 atom stereocenters. The Kier molecular flexibility index (Phi) is 4.33. The minimum absolute atomic E-state index is 0.391. The van der Waals surface area contributed by atoms with Crippen LogP contribution in [-0.2, 0) is 13.2 Å². The van der Waals surface area contributed by atoms with Gasteiger partial charge in [-0.25, -0.2) is 4.98 Å². The van der Waals surface area contributed by atoms with Gasteiger partial charge in [-0.1, -0.05) is 12.1 Å². The van der Waals surface area contributed by atoms with Gasteiger partial charge < -0.3 is 15.0 Å². The van der Waals surface area contributed by atoms with E-state index in [-0.39, 0.29) is 0 Å². The molecular formula is C17H16N4O2. The van der Waals surface area contributed by atoms with E-state index < -0.39 is 5.91 Å². The number of carbonyl (C=O) groups is 1. The first kappa shape index (κ1) is 14.8. The van der Waals surface area contributed by atoms with Gasteiger partial charge in [0, 0.05) is 24.2 Å². The number of carbonyl (C=O) groups excluding carboxylic acids is 1. The number of primary amides is 1. The fraction of sp³-hybridized carbons (Fsp3) is 0.118. The molecule has 6 heteroatoms. The maximum atomic E-state index is 11.1. The maximum absolute atomic E-state index is 11.1. The van der Waals surface area contributed by atoms with Gasteiger partial charge in [0.1, 0.15) is 18.1 Å². The van der Waals surface area contributed by atoms with Crippen LogP contribution in [0.5, 0.6) is 5.75 Å². The van der Waals surface area contributed by atoms with E-state index in [4.69, 9.17) is 10.5 Å². The Morgan fingerprint density at radius 3 is 2.70 bits per heavy atom. The molecule has 1 aromatic carbocycles. The van der Waals surface area contributed by atoms with Crippen LogP contribution in [0, 0.1) is 0 Å². The molecule has 0 spiro atoms. The second kappa shape index (κ2) is 6.74. The molecule has 23 heavy (non-hydrogen) atoms. The molecule has 2 N–H and O–H groups in total. The average molecular weight is 308 g/mol. The molecule has 0 aliphatic rings. The number of pyridine rings is 1. The lowest BCUT2D eigenvalue weighted by atomic mass is 10.1. The van der Waals surface area contributed by atoms with Crippen LogP contribution in [0.2, 0.25) is 0 Å². The SMILES string of the molecule is NC(=O)c1ccc(COc2cccnc2Cn2ccnc2)cc1. The highest BCUT2D eigenvalue weighted by Crippen LogP contribution is 2.18. The van der Waals surface area contributed by atoms with Crippen LogP contribution >= 0.6 is 0 Å². The minimum atomic E-state index is -0.438. The third kappa shape index (κ3) is 3.74. The first-order valence-electron chi connectivity index (χ1n) is 7.13. The molecule has 0 fully saturated rings. The van der Waals surface area contributed by atoms with Crippen LogP contribution in [0.15, 0.2) is 61.3 Å². The molecule has 0 aliphatic carbocycles. The van der Waals surface area contributed by atoms with Crippen LogP contribution in [-0.4, -0.2) is 20.4 Å². The first-order chi connectivity index (χ1) is 11.2. The predicted octanol–water partition coefficient (Wildman–Crippen LogP) is 2.00. The van der Waals surface area contributed by atoms with Gasteiger partial charge in [-0.3, -0.25) is 9.78 Å². The number of imidazole rings is 1. The Bertz CT molecular complexity index is 783. The molecule has 0 saturated carbocycles. The van der Waals surface area contributed by atoms with Crippen molar-refractivity contribution >= 4 is 5.91 Å². The average Bonchev–Trinajstić information content (AvgIpc) is 3.07. The van der Waals surface area contributed by atoms with Gasteiger partial charge in [-0.05, 0) is 29.8 Å². The van der Waals surface area contributed by atoms with Gasteiger partial charge in [0.25, 0.3) is 0 Å². The van der Waals surface area contributed by atoms with Gasteiger partial charge >= 0.3 is 0 Å². The van der Waals surface area contributed by atoms with Crippen molar-refractivity contribution in [3.05, 3.63) is 78.1 Å². The Morgan fingerprint density at radius 1 is 1.17 bits per heavy atom. The summed E-state index contributed by atoms with van der Waals surface area (Å²) in [6, 6.07) is 10.8. The molecule has 3 aromatic rings. The molecule has 0 radical (unpaired) electrons. The fourth-order valence-electron chi connectivity index (χ4n) is 2.15. The monoisotopic (exact) mass is 308 g/mol. The second-order valence-electron chi connectivity index (χ2n) is 5.03. The molecule has 1 amide bonds. The first-order valence-corrected chi connectivity index (χ1v) is 7.13. The number of hydrogen-bond acceptors (Lipinski definition) is 4. The van der Waals surface area contributed by atoms with E-state index in [0.717, 1.165) is 17.0 Å². The van der Waals surface area contributed by atoms with Crippen molar-refractivity contribution in [1.29, 1.82) is 0 Å². The maximum Gasteiger partial charge on any atom is 0.248 e. The van der Waals surface area contributed by atoms with Crippen molar-refractivity contribution in [2.75, 3.05) is 0 Å². The Morgan fingerprint density at radius 2 is 2.00 bits per heavy atom. The summed E-state index contributed by atoms with van der Waals surface area (Å²) in [5.41, 5.74) is 7.49. The Balaban J connectivity index is 1.69. The van der Waals surface area contributed by atoms with Crippen LogP contribution in [0.3, 0.4) is 0 Å². The van der Waals surface area contributed by atoms with Crippen molar-refractivity contribution in [3.8, 4) is 5.75 Å². The number of nitrogens with zero attached hydrogens (tertiary/aromatic N) is 3. The number of rotatable bonds is 6. The summed E-state index contributed by atoms with van der Waals surface area (Å²) < 4.78 is 7.79. The van der Waals surface area contributed by atoms with E-state index >= 15 is 0 Å². The zero-order valence-electron chi connectivity index (χ0n) is 12.4. The number of ether oxygens (including phenoxy) is 1. The topological polar surface area (TPSA) is 83.0 Å². The zero-order chi connectivity index (χ0) is 16.1. The van der Waals surface area contributed by atoms with Crippen LogP contribution in [0.25, 0.3) is 0 Å². The molecule has 0 saturated heterocycles. The molecule has 116 valence electrons. The van der Waals surface area contributed by atoms with E-state index in [1.165, 1.54) is 0 Å². The van der Waals surface area contributed by atoms with E-state index in [9.17, 15) is 4.79 Å². The minimum Gasteiger partial charge on any atom is -0.487 e. The lowest BCUT2D eigenvalue weighted by Gasteiger charge is -2.11. The molecule has 0 unspecified atom stereocenters. The van der Waals surface area contributed by atoms with Crippen LogP contribution in [0.4, 0.5) is 0 Å². The summed E-state index contributed by atoms with van der Waals surface area (Å²) in [7, 11) is 0. The molecular weight excluding hydrogens is 292 g/mol. The fourth-order valence-corrected chi connectivity index (χ4v) is 2.15. The largest absolute Gasteiger partial charge is 0.487 e. The van der Waals surface area contributed by atoms with E-state index in [1.54, 1.807) is 30.9 Å². The van der Waals surface area contributed by atoms with Crippen molar-refractivity contribution in [1.82, 2.24) is 14.5 Å². The predicted molar refractivity (Wildman–Crippen MR) is 84.9 cm³/mol. The highest BCUT2D eigenvalue weighted by molar-refractivity contribution is 5.92. The zero-order valence-corrected chi connectivity index (χ0v) is 12.4. The summed E-state index contributed by atoms with van der Waals surface area (Å²) in [5, 5.41) is 0. The van der Waals surface area contributed by atoms with Gasteiger partial charge in [0.05, 0.1) is 12.9 Å². The smallest absolute Gasteiger partial charge is 0.248 e. The third-order valence-electron chi connectivity index (χ3n) is 3.37. The van der Waals surface area contributed by atoms with E-state index in [2.05, 4.69) is 9.97 Å². The molecule has 2 aromatic heterocycles. The number of nitrogens with two attached hydrogens (primary N) is 1. The van der Waals surface area contributed by atoms with Crippen molar-refractivity contribution < 1.29 is 9.53 Å². The molecule has 6 nitrogen and oxygen atoms in total. The number of aromatic nitrogens is 3. The van der Waals surface area contributed by atoms with Crippen LogP contribution in [0.1, 0.15) is 21.6 Å². The Labute approximate surface area is 133 Å². The molecule has 0 bridgehead atoms. The van der Waals surface area contributed by atoms with Crippen molar-refractivity contribution in [2.24, 2.45) is 5.73 Å². The molecule has 0 aliphatic heterocycles. The number of benzene rings is 1.